The molecular formula is C24H25N3O3. The lowest BCUT2D eigenvalue weighted by Crippen LogP contribution is -2.26. The van der Waals surface area contributed by atoms with Crippen LogP contribution in [0.2, 0.25) is 0 Å². The van der Waals surface area contributed by atoms with Gasteiger partial charge in [0.2, 0.25) is 0 Å². The van der Waals surface area contributed by atoms with E-state index in [0.29, 0.717) is 30.1 Å². The van der Waals surface area contributed by atoms with Crippen molar-refractivity contribution in [2.24, 2.45) is 0 Å². The molecule has 3 amide bonds. The quantitative estimate of drug-likeness (QED) is 0.583. The maximum Gasteiger partial charge on any atom is 0.323 e. The van der Waals surface area contributed by atoms with Crippen LogP contribution in [0.1, 0.15) is 22.8 Å². The highest BCUT2D eigenvalue weighted by molar-refractivity contribution is 6.00. The predicted octanol–water partition coefficient (Wildman–Crippen LogP) is 5.00. The second-order valence-electron chi connectivity index (χ2n) is 6.76. The zero-order chi connectivity index (χ0) is 21.3. The first-order chi connectivity index (χ1) is 14.5. The Morgan fingerprint density at radius 3 is 2.03 bits per heavy atom. The minimum atomic E-state index is -0.340. The first-order valence-electron chi connectivity index (χ1n) is 9.75. The molecule has 0 saturated heterocycles. The van der Waals surface area contributed by atoms with E-state index in [1.165, 1.54) is 0 Å². The molecular weight excluding hydrogens is 378 g/mol. The number of anilines is 2. The van der Waals surface area contributed by atoms with Gasteiger partial charge in [-0.05, 0) is 61.0 Å². The van der Waals surface area contributed by atoms with Crippen LogP contribution in [0.4, 0.5) is 16.2 Å². The van der Waals surface area contributed by atoms with Crippen LogP contribution in [-0.2, 0) is 6.54 Å². The number of nitrogens with one attached hydrogen (secondary N) is 2. The molecule has 0 aromatic heterocycles. The van der Waals surface area contributed by atoms with Gasteiger partial charge in [0.05, 0.1) is 6.61 Å². The first-order valence-corrected chi connectivity index (χ1v) is 9.75. The Balaban J connectivity index is 1.55. The summed E-state index contributed by atoms with van der Waals surface area (Å²) < 4.78 is 5.44. The summed E-state index contributed by atoms with van der Waals surface area (Å²) in [7, 11) is 1.76. The van der Waals surface area contributed by atoms with E-state index in [1.54, 1.807) is 36.2 Å². The van der Waals surface area contributed by atoms with Gasteiger partial charge in [0, 0.05) is 30.5 Å². The molecule has 30 heavy (non-hydrogen) atoms. The van der Waals surface area contributed by atoms with E-state index in [1.807, 2.05) is 61.5 Å². The summed E-state index contributed by atoms with van der Waals surface area (Å²) in [6, 6.07) is 23.4. The third-order valence-electron chi connectivity index (χ3n) is 4.42. The summed E-state index contributed by atoms with van der Waals surface area (Å²) >= 11 is 0. The summed E-state index contributed by atoms with van der Waals surface area (Å²) in [5.41, 5.74) is 2.88. The molecule has 0 aliphatic heterocycles. The van der Waals surface area contributed by atoms with Crippen molar-refractivity contribution in [1.82, 2.24) is 4.90 Å². The van der Waals surface area contributed by atoms with Crippen LogP contribution < -0.4 is 15.4 Å². The number of hydrogen-bond donors (Lipinski definition) is 2. The number of hydrogen-bond acceptors (Lipinski definition) is 3. The summed E-state index contributed by atoms with van der Waals surface area (Å²) in [5, 5.41) is 5.51. The zero-order valence-corrected chi connectivity index (χ0v) is 17.1. The molecule has 6 heteroatoms. The van der Waals surface area contributed by atoms with Crippen LogP contribution in [0.3, 0.4) is 0 Å². The minimum absolute atomic E-state index is 0.0934. The van der Waals surface area contributed by atoms with Gasteiger partial charge in [-0.15, -0.1) is 0 Å². The van der Waals surface area contributed by atoms with Gasteiger partial charge in [0.15, 0.2) is 0 Å². The van der Waals surface area contributed by atoms with Gasteiger partial charge in [-0.1, -0.05) is 30.3 Å². The molecule has 3 rings (SSSR count). The molecule has 6 nitrogen and oxygen atoms in total. The van der Waals surface area contributed by atoms with E-state index in [2.05, 4.69) is 10.6 Å². The Morgan fingerprint density at radius 2 is 1.43 bits per heavy atom. The fourth-order valence-electron chi connectivity index (χ4n) is 2.93. The minimum Gasteiger partial charge on any atom is -0.494 e. The van der Waals surface area contributed by atoms with Crippen LogP contribution in [0.5, 0.6) is 5.75 Å². The maximum atomic E-state index is 12.7. The molecule has 0 fully saturated rings. The predicted molar refractivity (Wildman–Crippen MR) is 119 cm³/mol. The van der Waals surface area contributed by atoms with Crippen LogP contribution in [0, 0.1) is 0 Å². The van der Waals surface area contributed by atoms with Crippen molar-refractivity contribution in [2.75, 3.05) is 24.3 Å². The third-order valence-corrected chi connectivity index (χ3v) is 4.42. The molecule has 0 atom stereocenters. The molecule has 0 heterocycles. The van der Waals surface area contributed by atoms with Gasteiger partial charge in [-0.3, -0.25) is 4.79 Å². The monoisotopic (exact) mass is 403 g/mol. The second kappa shape index (κ2) is 10.1. The summed E-state index contributed by atoms with van der Waals surface area (Å²) in [4.78, 5) is 26.4. The van der Waals surface area contributed by atoms with Crippen LogP contribution in [0.25, 0.3) is 0 Å². The van der Waals surface area contributed by atoms with Gasteiger partial charge in [-0.25, -0.2) is 4.79 Å². The van der Waals surface area contributed by atoms with E-state index >= 15 is 0 Å². The van der Waals surface area contributed by atoms with Gasteiger partial charge < -0.3 is 20.3 Å². The number of benzene rings is 3. The molecule has 3 aromatic rings. The lowest BCUT2D eigenvalue weighted by Gasteiger charge is -2.18. The van der Waals surface area contributed by atoms with Crippen molar-refractivity contribution in [3.8, 4) is 5.75 Å². The number of rotatable bonds is 7. The fraction of sp³-hybridized carbons (Fsp3) is 0.167. The highest BCUT2D eigenvalue weighted by atomic mass is 16.5. The third kappa shape index (κ3) is 5.85. The SMILES string of the molecule is CCOc1ccc(CN(C)C(=O)c2ccc(NC(=O)Nc3ccccc3)cc2)cc1. The number of nitrogens with zero attached hydrogens (tertiary/aromatic N) is 1. The van der Waals surface area contributed by atoms with Crippen molar-refractivity contribution in [3.05, 3.63) is 90.0 Å². The standard InChI is InChI=1S/C24H25N3O3/c1-3-30-22-15-9-18(10-16-22)17-27(2)23(28)19-11-13-21(14-12-19)26-24(29)25-20-7-5-4-6-8-20/h4-16H,3,17H2,1-2H3,(H2,25,26,29). The summed E-state index contributed by atoms with van der Waals surface area (Å²) in [5.74, 6) is 0.721. The number of carbonyl (C=O) groups excluding carboxylic acids is 2. The Morgan fingerprint density at radius 1 is 0.833 bits per heavy atom. The number of carbonyl (C=O) groups is 2. The normalized spacial score (nSPS) is 10.2. The van der Waals surface area contributed by atoms with Crippen molar-refractivity contribution in [1.29, 1.82) is 0 Å². The van der Waals surface area contributed by atoms with E-state index in [0.717, 1.165) is 11.3 Å². The van der Waals surface area contributed by atoms with Crippen LogP contribution >= 0.6 is 0 Å². The van der Waals surface area contributed by atoms with Crippen molar-refractivity contribution in [2.45, 2.75) is 13.5 Å². The summed E-state index contributed by atoms with van der Waals surface area (Å²) in [6.07, 6.45) is 0. The Hall–Kier alpha value is -3.80. The maximum absolute atomic E-state index is 12.7. The largest absolute Gasteiger partial charge is 0.494 e. The highest BCUT2D eigenvalue weighted by Crippen LogP contribution is 2.16. The fourth-order valence-corrected chi connectivity index (χ4v) is 2.93. The van der Waals surface area contributed by atoms with E-state index < -0.39 is 0 Å². The molecule has 2 N–H and O–H groups in total. The van der Waals surface area contributed by atoms with Gasteiger partial charge in [-0.2, -0.15) is 0 Å². The van der Waals surface area contributed by atoms with E-state index in [4.69, 9.17) is 4.74 Å². The molecule has 0 aliphatic rings. The lowest BCUT2D eigenvalue weighted by molar-refractivity contribution is 0.0785. The van der Waals surface area contributed by atoms with Crippen molar-refractivity contribution >= 4 is 23.3 Å². The molecule has 0 radical (unpaired) electrons. The molecule has 0 aliphatic carbocycles. The smallest absolute Gasteiger partial charge is 0.323 e. The number of ether oxygens (including phenoxy) is 1. The number of para-hydroxylation sites is 1. The molecule has 0 spiro atoms. The van der Waals surface area contributed by atoms with Crippen LogP contribution in [0.15, 0.2) is 78.9 Å². The van der Waals surface area contributed by atoms with E-state index in [9.17, 15) is 9.59 Å². The lowest BCUT2D eigenvalue weighted by atomic mass is 10.1. The van der Waals surface area contributed by atoms with Crippen molar-refractivity contribution < 1.29 is 14.3 Å². The molecule has 0 bridgehead atoms. The molecule has 3 aromatic carbocycles. The van der Waals surface area contributed by atoms with Gasteiger partial charge >= 0.3 is 6.03 Å². The average Bonchev–Trinajstić information content (AvgIpc) is 2.76. The first kappa shape index (κ1) is 20.9. The highest BCUT2D eigenvalue weighted by Gasteiger charge is 2.12. The second-order valence-corrected chi connectivity index (χ2v) is 6.76. The zero-order valence-electron chi connectivity index (χ0n) is 17.1. The Bertz CT molecular complexity index is 971. The Kier molecular flexibility index (Phi) is 7.05. The Labute approximate surface area is 176 Å². The summed E-state index contributed by atoms with van der Waals surface area (Å²) in [6.45, 7) is 3.05. The number of urea groups is 1. The van der Waals surface area contributed by atoms with Gasteiger partial charge in [0.25, 0.3) is 5.91 Å². The van der Waals surface area contributed by atoms with Crippen LogP contribution in [-0.4, -0.2) is 30.5 Å². The van der Waals surface area contributed by atoms with Gasteiger partial charge in [0.1, 0.15) is 5.75 Å². The van der Waals surface area contributed by atoms with E-state index in [-0.39, 0.29) is 11.9 Å². The molecule has 0 unspecified atom stereocenters. The number of amides is 3. The molecule has 154 valence electrons. The average molecular weight is 403 g/mol. The van der Waals surface area contributed by atoms with Crippen molar-refractivity contribution in [3.63, 3.8) is 0 Å². The molecule has 0 saturated carbocycles. The topological polar surface area (TPSA) is 70.7 Å².